The average molecular weight is 467 g/mol. The Labute approximate surface area is 181 Å². The van der Waals surface area contributed by atoms with Gasteiger partial charge < -0.3 is 4.74 Å². The molecule has 4 rings (SSSR count). The van der Waals surface area contributed by atoms with Crippen molar-refractivity contribution < 1.29 is 9.53 Å². The van der Waals surface area contributed by atoms with E-state index in [1.807, 2.05) is 79.7 Å². The number of ether oxygens (including phenoxy) is 1. The molecule has 1 aromatic heterocycles. The van der Waals surface area contributed by atoms with E-state index in [2.05, 4.69) is 20.9 Å². The van der Waals surface area contributed by atoms with Crippen molar-refractivity contribution in [1.82, 2.24) is 4.98 Å². The number of anilines is 1. The van der Waals surface area contributed by atoms with Gasteiger partial charge >= 0.3 is 0 Å². The van der Waals surface area contributed by atoms with Gasteiger partial charge in [-0.2, -0.15) is 0 Å². The van der Waals surface area contributed by atoms with Gasteiger partial charge in [-0.3, -0.25) is 9.69 Å². The number of fused-ring (bicyclic) bond motifs is 1. The van der Waals surface area contributed by atoms with Crippen LogP contribution < -0.4 is 9.64 Å². The number of carbonyl (C=O) groups is 1. The van der Waals surface area contributed by atoms with Crippen molar-refractivity contribution in [2.75, 3.05) is 11.5 Å². The SMILES string of the molecule is Cc1ccc(OCC(=O)N(Cc2ccccc2)c2nc3ccc(Br)cc3s2)cc1. The fourth-order valence-corrected chi connectivity index (χ4v) is 4.42. The Morgan fingerprint density at radius 3 is 2.59 bits per heavy atom. The molecular weight excluding hydrogens is 448 g/mol. The number of aryl methyl sites for hydroxylation is 1. The van der Waals surface area contributed by atoms with E-state index in [0.717, 1.165) is 25.8 Å². The van der Waals surface area contributed by atoms with E-state index < -0.39 is 0 Å². The lowest BCUT2D eigenvalue weighted by Gasteiger charge is -2.20. The molecular formula is C23H19BrN2O2S. The van der Waals surface area contributed by atoms with Gasteiger partial charge in [0.15, 0.2) is 11.7 Å². The third-order valence-corrected chi connectivity index (χ3v) is 5.97. The molecule has 0 aliphatic carbocycles. The predicted octanol–water partition coefficient (Wildman–Crippen LogP) is 5.98. The number of carbonyl (C=O) groups excluding carboxylic acids is 1. The summed E-state index contributed by atoms with van der Waals surface area (Å²) in [5.41, 5.74) is 3.06. The summed E-state index contributed by atoms with van der Waals surface area (Å²) < 4.78 is 7.75. The summed E-state index contributed by atoms with van der Waals surface area (Å²) in [6.45, 7) is 2.41. The van der Waals surface area contributed by atoms with Gasteiger partial charge in [-0.1, -0.05) is 75.3 Å². The van der Waals surface area contributed by atoms with E-state index in [-0.39, 0.29) is 12.5 Å². The maximum Gasteiger partial charge on any atom is 0.267 e. The smallest absolute Gasteiger partial charge is 0.267 e. The number of halogens is 1. The molecule has 0 saturated carbocycles. The monoisotopic (exact) mass is 466 g/mol. The molecule has 0 atom stereocenters. The van der Waals surface area contributed by atoms with Gasteiger partial charge in [-0.05, 0) is 42.8 Å². The topological polar surface area (TPSA) is 42.4 Å². The van der Waals surface area contributed by atoms with Gasteiger partial charge in [0.25, 0.3) is 5.91 Å². The van der Waals surface area contributed by atoms with Crippen molar-refractivity contribution in [3.8, 4) is 5.75 Å². The number of aromatic nitrogens is 1. The summed E-state index contributed by atoms with van der Waals surface area (Å²) in [5.74, 6) is 0.546. The molecule has 1 amide bonds. The van der Waals surface area contributed by atoms with Crippen molar-refractivity contribution in [3.05, 3.63) is 88.4 Å². The lowest BCUT2D eigenvalue weighted by Crippen LogP contribution is -2.34. The highest BCUT2D eigenvalue weighted by Gasteiger charge is 2.21. The van der Waals surface area contributed by atoms with Crippen LogP contribution in [-0.4, -0.2) is 17.5 Å². The minimum atomic E-state index is -0.132. The van der Waals surface area contributed by atoms with Crippen molar-refractivity contribution in [2.45, 2.75) is 13.5 Å². The average Bonchev–Trinajstić information content (AvgIpc) is 3.15. The fraction of sp³-hybridized carbons (Fsp3) is 0.130. The maximum absolute atomic E-state index is 13.1. The van der Waals surface area contributed by atoms with Crippen molar-refractivity contribution in [2.24, 2.45) is 0 Å². The molecule has 0 spiro atoms. The summed E-state index contributed by atoms with van der Waals surface area (Å²) >= 11 is 4.99. The first-order valence-corrected chi connectivity index (χ1v) is 10.8. The normalized spacial score (nSPS) is 10.8. The molecule has 0 bridgehead atoms. The van der Waals surface area contributed by atoms with Crippen LogP contribution in [0.5, 0.6) is 5.75 Å². The molecule has 0 saturated heterocycles. The molecule has 4 aromatic rings. The quantitative estimate of drug-likeness (QED) is 0.351. The highest BCUT2D eigenvalue weighted by molar-refractivity contribution is 9.10. The molecule has 0 aliphatic rings. The Morgan fingerprint density at radius 2 is 1.83 bits per heavy atom. The molecule has 0 N–H and O–H groups in total. The first kappa shape index (κ1) is 19.6. The molecule has 1 heterocycles. The standard InChI is InChI=1S/C23H19BrN2O2S/c1-16-7-10-19(11-8-16)28-15-22(27)26(14-17-5-3-2-4-6-17)23-25-20-12-9-18(24)13-21(20)29-23/h2-13H,14-15H2,1H3. The van der Waals surface area contributed by atoms with Gasteiger partial charge in [0.05, 0.1) is 16.8 Å². The Morgan fingerprint density at radius 1 is 1.07 bits per heavy atom. The van der Waals surface area contributed by atoms with E-state index in [4.69, 9.17) is 4.74 Å². The van der Waals surface area contributed by atoms with Gasteiger partial charge in [-0.25, -0.2) is 4.98 Å². The zero-order chi connectivity index (χ0) is 20.2. The number of nitrogens with zero attached hydrogens (tertiary/aromatic N) is 2. The molecule has 0 fully saturated rings. The maximum atomic E-state index is 13.1. The van der Waals surface area contributed by atoms with Gasteiger partial charge in [0.2, 0.25) is 0 Å². The number of rotatable bonds is 6. The largest absolute Gasteiger partial charge is 0.484 e. The Bertz CT molecular complexity index is 1130. The number of thiazole rings is 1. The van der Waals surface area contributed by atoms with Gasteiger partial charge in [-0.15, -0.1) is 0 Å². The minimum absolute atomic E-state index is 0.0461. The third kappa shape index (κ3) is 4.83. The van der Waals surface area contributed by atoms with Crippen LogP contribution in [-0.2, 0) is 11.3 Å². The second-order valence-corrected chi connectivity index (χ2v) is 8.60. The predicted molar refractivity (Wildman–Crippen MR) is 122 cm³/mol. The lowest BCUT2D eigenvalue weighted by molar-refractivity contribution is -0.120. The van der Waals surface area contributed by atoms with Crippen LogP contribution in [0.2, 0.25) is 0 Å². The highest BCUT2D eigenvalue weighted by atomic mass is 79.9. The molecule has 0 radical (unpaired) electrons. The second kappa shape index (κ2) is 8.76. The van der Waals surface area contributed by atoms with Crippen molar-refractivity contribution in [1.29, 1.82) is 0 Å². The summed E-state index contributed by atoms with van der Waals surface area (Å²) in [4.78, 5) is 19.5. The van der Waals surface area contributed by atoms with Crippen LogP contribution in [0.1, 0.15) is 11.1 Å². The zero-order valence-corrected chi connectivity index (χ0v) is 18.2. The summed E-state index contributed by atoms with van der Waals surface area (Å²) in [6, 6.07) is 23.5. The fourth-order valence-electron chi connectivity index (χ4n) is 2.89. The van der Waals surface area contributed by atoms with E-state index >= 15 is 0 Å². The highest BCUT2D eigenvalue weighted by Crippen LogP contribution is 2.32. The van der Waals surface area contributed by atoms with E-state index in [1.54, 1.807) is 4.90 Å². The number of hydrogen-bond acceptors (Lipinski definition) is 4. The van der Waals surface area contributed by atoms with E-state index in [1.165, 1.54) is 11.3 Å². The minimum Gasteiger partial charge on any atom is -0.484 e. The molecule has 29 heavy (non-hydrogen) atoms. The Balaban J connectivity index is 1.59. The molecule has 6 heteroatoms. The van der Waals surface area contributed by atoms with Crippen LogP contribution in [0.3, 0.4) is 0 Å². The molecule has 0 aliphatic heterocycles. The third-order valence-electron chi connectivity index (χ3n) is 4.44. The van der Waals surface area contributed by atoms with Crippen LogP contribution >= 0.6 is 27.3 Å². The van der Waals surface area contributed by atoms with Crippen molar-refractivity contribution >= 4 is 48.5 Å². The van der Waals surface area contributed by atoms with Crippen molar-refractivity contribution in [3.63, 3.8) is 0 Å². The molecule has 146 valence electrons. The second-order valence-electron chi connectivity index (χ2n) is 6.68. The summed E-state index contributed by atoms with van der Waals surface area (Å²) in [5, 5.41) is 0.666. The molecule has 3 aromatic carbocycles. The van der Waals surface area contributed by atoms with Gasteiger partial charge in [0.1, 0.15) is 5.75 Å². The Kier molecular flexibility index (Phi) is 5.92. The first-order valence-electron chi connectivity index (χ1n) is 9.18. The van der Waals surface area contributed by atoms with Crippen LogP contribution in [0.15, 0.2) is 77.3 Å². The van der Waals surface area contributed by atoms with Crippen LogP contribution in [0.25, 0.3) is 10.2 Å². The number of amides is 1. The first-order chi connectivity index (χ1) is 14.1. The summed E-state index contributed by atoms with van der Waals surface area (Å²) in [6.07, 6.45) is 0. The number of hydrogen-bond donors (Lipinski definition) is 0. The van der Waals surface area contributed by atoms with Crippen LogP contribution in [0.4, 0.5) is 5.13 Å². The number of benzene rings is 3. The van der Waals surface area contributed by atoms with E-state index in [0.29, 0.717) is 17.4 Å². The Hall–Kier alpha value is -2.70. The van der Waals surface area contributed by atoms with Gasteiger partial charge in [0, 0.05) is 4.47 Å². The zero-order valence-electron chi connectivity index (χ0n) is 15.8. The van der Waals surface area contributed by atoms with Crippen LogP contribution in [0, 0.1) is 6.92 Å². The summed E-state index contributed by atoms with van der Waals surface area (Å²) in [7, 11) is 0. The molecule has 0 unspecified atom stereocenters. The lowest BCUT2D eigenvalue weighted by atomic mass is 10.2. The molecule has 4 nitrogen and oxygen atoms in total. The van der Waals surface area contributed by atoms with E-state index in [9.17, 15) is 4.79 Å².